The number of carbonyl (C=O) groups excluding carboxylic acids is 1. The molecular weight excluding hydrogens is 367 g/mol. The second-order valence-electron chi connectivity index (χ2n) is 7.19. The van der Waals surface area contributed by atoms with E-state index in [-0.39, 0.29) is 11.7 Å². The van der Waals surface area contributed by atoms with Crippen LogP contribution < -0.4 is 15.0 Å². The summed E-state index contributed by atoms with van der Waals surface area (Å²) in [5.41, 5.74) is 3.55. The molecule has 0 fully saturated rings. The van der Waals surface area contributed by atoms with Crippen molar-refractivity contribution in [1.29, 1.82) is 0 Å². The van der Waals surface area contributed by atoms with E-state index in [4.69, 9.17) is 4.74 Å². The molecule has 0 aliphatic rings. The minimum atomic E-state index is -0.438. The average Bonchev–Trinajstić information content (AvgIpc) is 2.71. The third kappa shape index (κ3) is 5.21. The van der Waals surface area contributed by atoms with Gasteiger partial charge in [0.25, 0.3) is 5.91 Å². The van der Waals surface area contributed by atoms with E-state index in [1.807, 2.05) is 62.5 Å². The number of quaternary nitrogens is 1. The number of methoxy groups -OCH3 is 1. The monoisotopic (exact) mass is 393 g/mol. The van der Waals surface area contributed by atoms with Crippen LogP contribution in [0.1, 0.15) is 22.7 Å². The van der Waals surface area contributed by atoms with Crippen LogP contribution in [0.4, 0.5) is 10.1 Å². The van der Waals surface area contributed by atoms with Gasteiger partial charge in [-0.1, -0.05) is 48.5 Å². The molecule has 1 amide bonds. The first-order valence-corrected chi connectivity index (χ1v) is 9.55. The Morgan fingerprint density at radius 2 is 1.76 bits per heavy atom. The van der Waals surface area contributed by atoms with Gasteiger partial charge in [-0.05, 0) is 36.8 Å². The number of anilines is 1. The number of carbonyl (C=O) groups is 1. The van der Waals surface area contributed by atoms with E-state index in [0.717, 1.165) is 21.6 Å². The number of hydrogen-bond donors (Lipinski definition) is 2. The zero-order valence-corrected chi connectivity index (χ0v) is 16.9. The Morgan fingerprint density at radius 1 is 1.07 bits per heavy atom. The Morgan fingerprint density at radius 3 is 2.41 bits per heavy atom. The molecule has 29 heavy (non-hydrogen) atoms. The summed E-state index contributed by atoms with van der Waals surface area (Å²) in [6.45, 7) is 2.55. The van der Waals surface area contributed by atoms with Crippen molar-refractivity contribution >= 4 is 11.6 Å². The zero-order valence-electron chi connectivity index (χ0n) is 16.9. The van der Waals surface area contributed by atoms with Crippen molar-refractivity contribution in [2.24, 2.45) is 0 Å². The van der Waals surface area contributed by atoms with E-state index in [9.17, 15) is 9.18 Å². The topological polar surface area (TPSA) is 42.8 Å². The Balaban J connectivity index is 1.88. The predicted molar refractivity (Wildman–Crippen MR) is 113 cm³/mol. The third-order valence-electron chi connectivity index (χ3n) is 4.90. The standard InChI is InChI=1S/C24H25FN2O2/c1-17-9-14-22(29-3)21(15-17)26-24(28)23(19-7-5-4-6-8-19)27(2)16-18-10-12-20(25)13-11-18/h4-15,23H,16H2,1-3H3,(H,26,28)/p+1/t23-/m1/s1. The van der Waals surface area contributed by atoms with Gasteiger partial charge < -0.3 is 15.0 Å². The molecule has 0 saturated heterocycles. The SMILES string of the molecule is COc1ccc(C)cc1NC(=O)[C@@H](c1ccccc1)[NH+](C)Cc1ccc(F)cc1. The number of benzene rings is 3. The lowest BCUT2D eigenvalue weighted by atomic mass is 10.0. The van der Waals surface area contributed by atoms with E-state index in [1.54, 1.807) is 19.2 Å². The number of nitrogens with one attached hydrogen (secondary N) is 2. The maximum Gasteiger partial charge on any atom is 0.287 e. The molecule has 3 aromatic carbocycles. The maximum absolute atomic E-state index is 13.3. The van der Waals surface area contributed by atoms with E-state index in [1.165, 1.54) is 12.1 Å². The molecule has 5 heteroatoms. The average molecular weight is 393 g/mol. The van der Waals surface area contributed by atoms with Crippen molar-refractivity contribution in [1.82, 2.24) is 0 Å². The number of rotatable bonds is 7. The van der Waals surface area contributed by atoms with Gasteiger partial charge in [0.05, 0.1) is 19.8 Å². The van der Waals surface area contributed by atoms with Crippen molar-refractivity contribution < 1.29 is 18.8 Å². The minimum absolute atomic E-state index is 0.125. The maximum atomic E-state index is 13.3. The van der Waals surface area contributed by atoms with Crippen molar-refractivity contribution in [2.45, 2.75) is 19.5 Å². The van der Waals surface area contributed by atoms with E-state index in [0.29, 0.717) is 18.0 Å². The second kappa shape index (κ2) is 9.34. The molecule has 0 aromatic heterocycles. The lowest BCUT2D eigenvalue weighted by Gasteiger charge is -2.25. The van der Waals surface area contributed by atoms with Gasteiger partial charge in [-0.3, -0.25) is 4.79 Å². The van der Waals surface area contributed by atoms with Crippen LogP contribution in [0.5, 0.6) is 5.75 Å². The quantitative estimate of drug-likeness (QED) is 0.645. The fourth-order valence-electron chi connectivity index (χ4n) is 3.46. The smallest absolute Gasteiger partial charge is 0.287 e. The molecule has 2 atom stereocenters. The Kier molecular flexibility index (Phi) is 6.62. The highest BCUT2D eigenvalue weighted by molar-refractivity contribution is 5.96. The minimum Gasteiger partial charge on any atom is -0.495 e. The van der Waals surface area contributed by atoms with Crippen LogP contribution in [-0.2, 0) is 11.3 Å². The summed E-state index contributed by atoms with van der Waals surface area (Å²) in [4.78, 5) is 14.3. The van der Waals surface area contributed by atoms with Gasteiger partial charge in [-0.2, -0.15) is 0 Å². The molecule has 150 valence electrons. The van der Waals surface area contributed by atoms with Crippen LogP contribution in [0.2, 0.25) is 0 Å². The van der Waals surface area contributed by atoms with Gasteiger partial charge in [0, 0.05) is 11.1 Å². The second-order valence-corrected chi connectivity index (χ2v) is 7.19. The molecule has 0 aliphatic carbocycles. The summed E-state index contributed by atoms with van der Waals surface area (Å²) in [5.74, 6) is 0.224. The summed E-state index contributed by atoms with van der Waals surface area (Å²) in [6, 6.07) is 21.3. The van der Waals surface area contributed by atoms with Crippen molar-refractivity contribution in [3.8, 4) is 5.75 Å². The van der Waals surface area contributed by atoms with Crippen LogP contribution in [-0.4, -0.2) is 20.1 Å². The van der Waals surface area contributed by atoms with Crippen molar-refractivity contribution in [3.63, 3.8) is 0 Å². The molecule has 0 spiro atoms. The number of ether oxygens (including phenoxy) is 1. The normalized spacial score (nSPS) is 12.8. The first-order valence-electron chi connectivity index (χ1n) is 9.55. The molecule has 1 unspecified atom stereocenters. The van der Waals surface area contributed by atoms with Gasteiger partial charge in [0.1, 0.15) is 18.1 Å². The fourth-order valence-corrected chi connectivity index (χ4v) is 3.46. The Bertz CT molecular complexity index is 958. The highest BCUT2D eigenvalue weighted by atomic mass is 19.1. The number of amides is 1. The summed E-state index contributed by atoms with van der Waals surface area (Å²) in [5, 5.41) is 3.03. The zero-order chi connectivity index (χ0) is 20.8. The summed E-state index contributed by atoms with van der Waals surface area (Å²) in [7, 11) is 3.55. The molecule has 0 aliphatic heterocycles. The number of aryl methyl sites for hydroxylation is 1. The lowest BCUT2D eigenvalue weighted by Crippen LogP contribution is -3.09. The summed E-state index contributed by atoms with van der Waals surface area (Å²) < 4.78 is 18.6. The lowest BCUT2D eigenvalue weighted by molar-refractivity contribution is -0.915. The van der Waals surface area contributed by atoms with E-state index >= 15 is 0 Å². The van der Waals surface area contributed by atoms with Gasteiger partial charge in [0.15, 0.2) is 6.04 Å². The third-order valence-corrected chi connectivity index (χ3v) is 4.90. The number of likely N-dealkylation sites (N-methyl/N-ethyl adjacent to an activating group) is 1. The molecule has 0 saturated carbocycles. The molecule has 3 rings (SSSR count). The van der Waals surface area contributed by atoms with Gasteiger partial charge >= 0.3 is 0 Å². The molecule has 0 bridgehead atoms. The summed E-state index contributed by atoms with van der Waals surface area (Å²) >= 11 is 0. The van der Waals surface area contributed by atoms with Crippen LogP contribution in [0.3, 0.4) is 0 Å². The molecule has 0 heterocycles. The van der Waals surface area contributed by atoms with Crippen LogP contribution in [0.15, 0.2) is 72.8 Å². The van der Waals surface area contributed by atoms with Crippen LogP contribution in [0, 0.1) is 12.7 Å². The van der Waals surface area contributed by atoms with Crippen LogP contribution >= 0.6 is 0 Å². The van der Waals surface area contributed by atoms with E-state index in [2.05, 4.69) is 5.32 Å². The molecule has 3 aromatic rings. The highest BCUT2D eigenvalue weighted by Gasteiger charge is 2.29. The van der Waals surface area contributed by atoms with Crippen LogP contribution in [0.25, 0.3) is 0 Å². The predicted octanol–water partition coefficient (Wildman–Crippen LogP) is 3.54. The molecular formula is C24H26FN2O2+. The molecule has 0 radical (unpaired) electrons. The van der Waals surface area contributed by atoms with Crippen molar-refractivity contribution in [2.75, 3.05) is 19.5 Å². The van der Waals surface area contributed by atoms with Crippen molar-refractivity contribution in [3.05, 3.63) is 95.3 Å². The highest BCUT2D eigenvalue weighted by Crippen LogP contribution is 2.26. The first kappa shape index (κ1) is 20.6. The number of hydrogen-bond acceptors (Lipinski definition) is 2. The molecule has 2 N–H and O–H groups in total. The van der Waals surface area contributed by atoms with Gasteiger partial charge in [0.2, 0.25) is 0 Å². The van der Waals surface area contributed by atoms with Gasteiger partial charge in [-0.15, -0.1) is 0 Å². The Hall–Kier alpha value is -3.18. The number of halogens is 1. The van der Waals surface area contributed by atoms with E-state index < -0.39 is 6.04 Å². The fraction of sp³-hybridized carbons (Fsp3) is 0.208. The van der Waals surface area contributed by atoms with Gasteiger partial charge in [-0.25, -0.2) is 4.39 Å². The Labute approximate surface area is 170 Å². The largest absolute Gasteiger partial charge is 0.495 e. The first-order chi connectivity index (χ1) is 14.0. The summed E-state index contributed by atoms with van der Waals surface area (Å²) in [6.07, 6.45) is 0. The molecule has 4 nitrogen and oxygen atoms in total.